The predicted octanol–water partition coefficient (Wildman–Crippen LogP) is 3.50. The zero-order valence-electron chi connectivity index (χ0n) is 16.7. The minimum absolute atomic E-state index is 0.0481. The van der Waals surface area contributed by atoms with Gasteiger partial charge in [0, 0.05) is 22.2 Å². The van der Waals surface area contributed by atoms with Crippen LogP contribution in [0.4, 0.5) is 5.13 Å². The molecule has 3 rings (SSSR count). The molecule has 0 spiro atoms. The molecule has 164 valence electrons. The van der Waals surface area contributed by atoms with Crippen molar-refractivity contribution in [1.82, 2.24) is 14.9 Å². The van der Waals surface area contributed by atoms with Crippen molar-refractivity contribution < 1.29 is 22.7 Å². The molecule has 1 heterocycles. The average molecular weight is 483 g/mol. The summed E-state index contributed by atoms with van der Waals surface area (Å²) in [6.07, 6.45) is 0. The van der Waals surface area contributed by atoms with Crippen molar-refractivity contribution >= 4 is 44.0 Å². The number of carbonyl (C=O) groups excluding carboxylic acids is 1. The maximum Gasteiger partial charge on any atom is 0.270 e. The van der Waals surface area contributed by atoms with Gasteiger partial charge in [-0.15, -0.1) is 10.2 Å². The first-order chi connectivity index (χ1) is 14.7. The molecule has 0 aliphatic carbocycles. The van der Waals surface area contributed by atoms with Crippen LogP contribution in [0.5, 0.6) is 11.5 Å². The van der Waals surface area contributed by atoms with Crippen LogP contribution in [0, 0.1) is 0 Å². The number of nitrogens with zero attached hydrogens (tertiary/aromatic N) is 2. The summed E-state index contributed by atoms with van der Waals surface area (Å²) in [7, 11) is -0.999. The Balaban J connectivity index is 1.75. The number of nitrogens with one attached hydrogen (secondary N) is 2. The number of carbonyl (C=O) groups is 1. The number of amides is 1. The fourth-order valence-electron chi connectivity index (χ4n) is 2.66. The highest BCUT2D eigenvalue weighted by molar-refractivity contribution is 7.91. The van der Waals surface area contributed by atoms with Crippen molar-refractivity contribution in [2.45, 2.75) is 17.3 Å². The molecular formula is C19H19ClN4O5S2. The van der Waals surface area contributed by atoms with Gasteiger partial charge in [-0.2, -0.15) is 0 Å². The van der Waals surface area contributed by atoms with Crippen molar-refractivity contribution in [3.8, 4) is 11.5 Å². The van der Waals surface area contributed by atoms with E-state index in [2.05, 4.69) is 20.2 Å². The summed E-state index contributed by atoms with van der Waals surface area (Å²) in [6, 6.07) is 10.7. The summed E-state index contributed by atoms with van der Waals surface area (Å²) in [5.74, 6) is 0.605. The van der Waals surface area contributed by atoms with E-state index in [0.717, 1.165) is 11.3 Å². The summed E-state index contributed by atoms with van der Waals surface area (Å²) in [6.45, 7) is 1.67. The molecule has 9 nitrogen and oxygen atoms in total. The number of ether oxygens (including phenoxy) is 2. The van der Waals surface area contributed by atoms with Gasteiger partial charge in [-0.05, 0) is 49.4 Å². The van der Waals surface area contributed by atoms with Crippen LogP contribution >= 0.6 is 22.9 Å². The number of methoxy groups -OCH3 is 2. The number of hydrogen-bond acceptors (Lipinski definition) is 8. The zero-order valence-corrected chi connectivity index (χ0v) is 19.1. The van der Waals surface area contributed by atoms with Gasteiger partial charge in [-0.25, -0.2) is 13.1 Å². The summed E-state index contributed by atoms with van der Waals surface area (Å²) in [4.78, 5) is 12.3. The van der Waals surface area contributed by atoms with Crippen LogP contribution in [0.15, 0.2) is 46.8 Å². The monoisotopic (exact) mass is 482 g/mol. The number of rotatable bonds is 8. The number of sulfonamides is 1. The van der Waals surface area contributed by atoms with Crippen molar-refractivity contribution in [3.05, 3.63) is 58.6 Å². The third kappa shape index (κ3) is 5.50. The molecule has 0 saturated heterocycles. The maximum atomic E-state index is 12.8. The van der Waals surface area contributed by atoms with Gasteiger partial charge >= 0.3 is 0 Å². The van der Waals surface area contributed by atoms with Gasteiger partial charge in [0.25, 0.3) is 15.9 Å². The van der Waals surface area contributed by atoms with E-state index >= 15 is 0 Å². The first-order valence-electron chi connectivity index (χ1n) is 8.88. The lowest BCUT2D eigenvalue weighted by Gasteiger charge is -2.17. The van der Waals surface area contributed by atoms with Gasteiger partial charge in [-0.3, -0.25) is 10.1 Å². The van der Waals surface area contributed by atoms with Crippen molar-refractivity contribution in [1.29, 1.82) is 0 Å². The highest BCUT2D eigenvalue weighted by Gasteiger charge is 2.25. The van der Waals surface area contributed by atoms with E-state index in [1.807, 2.05) is 0 Å². The second-order valence-corrected chi connectivity index (χ2v) is 9.59. The molecule has 0 radical (unpaired) electrons. The standard InChI is InChI=1S/C19H19ClN4O5S2/c1-11(15-10-14(28-2)8-9-16(15)29-3)24-31(26,27)19-23-22-18(30-19)21-17(25)12-4-6-13(20)7-5-12/h4-11,24H,1-3H3,(H,21,22,25)/t11-/m1/s1. The molecule has 0 aliphatic heterocycles. The Labute approximate surface area is 188 Å². The number of hydrogen-bond donors (Lipinski definition) is 2. The number of benzene rings is 2. The van der Waals surface area contributed by atoms with E-state index in [1.54, 1.807) is 49.4 Å². The highest BCUT2D eigenvalue weighted by Crippen LogP contribution is 2.31. The van der Waals surface area contributed by atoms with Crippen LogP contribution < -0.4 is 19.5 Å². The SMILES string of the molecule is COc1ccc(OC)c([C@@H](C)NS(=O)(=O)c2nnc(NC(=O)c3ccc(Cl)cc3)s2)c1. The molecule has 0 bridgehead atoms. The van der Waals surface area contributed by atoms with Crippen molar-refractivity contribution in [2.24, 2.45) is 0 Å². The number of anilines is 1. The van der Waals surface area contributed by atoms with Gasteiger partial charge in [-0.1, -0.05) is 22.9 Å². The lowest BCUT2D eigenvalue weighted by Crippen LogP contribution is -2.27. The lowest BCUT2D eigenvalue weighted by molar-refractivity contribution is 0.102. The molecule has 2 N–H and O–H groups in total. The molecule has 0 aliphatic rings. The molecule has 3 aromatic rings. The van der Waals surface area contributed by atoms with Crippen LogP contribution in [-0.2, 0) is 10.0 Å². The molecule has 0 unspecified atom stereocenters. The van der Waals surface area contributed by atoms with E-state index < -0.39 is 22.0 Å². The first kappa shape index (κ1) is 22.9. The summed E-state index contributed by atoms with van der Waals surface area (Å²) in [5.41, 5.74) is 0.937. The molecule has 0 fully saturated rings. The van der Waals surface area contributed by atoms with Crippen LogP contribution in [-0.4, -0.2) is 38.7 Å². The van der Waals surface area contributed by atoms with E-state index in [1.165, 1.54) is 14.2 Å². The van der Waals surface area contributed by atoms with E-state index in [0.29, 0.717) is 27.6 Å². The van der Waals surface area contributed by atoms with E-state index in [4.69, 9.17) is 21.1 Å². The second kappa shape index (κ2) is 9.60. The molecule has 1 amide bonds. The van der Waals surface area contributed by atoms with Gasteiger partial charge in [0.2, 0.25) is 9.47 Å². The second-order valence-electron chi connectivity index (χ2n) is 6.28. The van der Waals surface area contributed by atoms with E-state index in [9.17, 15) is 13.2 Å². The Morgan fingerprint density at radius 2 is 1.81 bits per heavy atom. The van der Waals surface area contributed by atoms with Crippen LogP contribution in [0.25, 0.3) is 0 Å². The number of aromatic nitrogens is 2. The lowest BCUT2D eigenvalue weighted by atomic mass is 10.1. The van der Waals surface area contributed by atoms with Crippen LogP contribution in [0.3, 0.4) is 0 Å². The minimum atomic E-state index is -4.01. The molecule has 1 atom stereocenters. The van der Waals surface area contributed by atoms with Crippen molar-refractivity contribution in [3.63, 3.8) is 0 Å². The largest absolute Gasteiger partial charge is 0.497 e. The molecule has 31 heavy (non-hydrogen) atoms. The topological polar surface area (TPSA) is 120 Å². The molecule has 1 aromatic heterocycles. The summed E-state index contributed by atoms with van der Waals surface area (Å²) >= 11 is 6.55. The zero-order chi connectivity index (χ0) is 22.6. The Hall–Kier alpha value is -2.73. The average Bonchev–Trinajstić information content (AvgIpc) is 3.23. The summed E-state index contributed by atoms with van der Waals surface area (Å²) in [5, 5.41) is 10.5. The minimum Gasteiger partial charge on any atom is -0.497 e. The predicted molar refractivity (Wildman–Crippen MR) is 118 cm³/mol. The summed E-state index contributed by atoms with van der Waals surface area (Å²) < 4.78 is 38.3. The van der Waals surface area contributed by atoms with Gasteiger partial charge in [0.1, 0.15) is 11.5 Å². The molecule has 12 heteroatoms. The third-order valence-electron chi connectivity index (χ3n) is 4.20. The highest BCUT2D eigenvalue weighted by atomic mass is 35.5. The number of halogens is 1. The Morgan fingerprint density at radius 3 is 2.45 bits per heavy atom. The smallest absolute Gasteiger partial charge is 0.270 e. The normalized spacial score (nSPS) is 12.3. The van der Waals surface area contributed by atoms with Crippen molar-refractivity contribution in [2.75, 3.05) is 19.5 Å². The first-order valence-corrected chi connectivity index (χ1v) is 11.6. The van der Waals surface area contributed by atoms with Gasteiger partial charge in [0.15, 0.2) is 0 Å². The van der Waals surface area contributed by atoms with Gasteiger partial charge in [0.05, 0.1) is 14.2 Å². The van der Waals surface area contributed by atoms with Crippen LogP contribution in [0.2, 0.25) is 5.02 Å². The molecule has 2 aromatic carbocycles. The fraction of sp³-hybridized carbons (Fsp3) is 0.211. The maximum absolute atomic E-state index is 12.8. The Bertz CT molecular complexity index is 1180. The molecule has 0 saturated carbocycles. The fourth-order valence-corrected chi connectivity index (χ4v) is 4.92. The third-order valence-corrected chi connectivity index (χ3v) is 7.20. The Morgan fingerprint density at radius 1 is 1.10 bits per heavy atom. The van der Waals surface area contributed by atoms with E-state index in [-0.39, 0.29) is 9.47 Å². The molecular weight excluding hydrogens is 464 g/mol. The Kier molecular flexibility index (Phi) is 7.11. The quantitative estimate of drug-likeness (QED) is 0.471. The van der Waals surface area contributed by atoms with Crippen LogP contribution in [0.1, 0.15) is 28.9 Å². The van der Waals surface area contributed by atoms with Gasteiger partial charge < -0.3 is 9.47 Å².